The Morgan fingerprint density at radius 2 is 2.09 bits per heavy atom. The third-order valence-corrected chi connectivity index (χ3v) is 1.99. The van der Waals surface area contributed by atoms with E-state index in [1.165, 1.54) is 19.6 Å². The van der Waals surface area contributed by atoms with Gasteiger partial charge in [0, 0.05) is 32.7 Å². The molecule has 0 amide bonds. The van der Waals surface area contributed by atoms with Crippen molar-refractivity contribution < 1.29 is 0 Å². The molecule has 0 bridgehead atoms. The van der Waals surface area contributed by atoms with Crippen molar-refractivity contribution in [3.63, 3.8) is 0 Å². The average molecular weight is 153 g/mol. The largest absolute Gasteiger partial charge is 0.314 e. The molecule has 2 heteroatoms. The maximum Gasteiger partial charge on any atom is 0.0107 e. The Kier molecular flexibility index (Phi) is 4.24. The molecule has 1 heterocycles. The molecule has 1 N–H and O–H groups in total. The first-order valence-corrected chi connectivity index (χ1v) is 4.31. The maximum atomic E-state index is 3.66. The molecule has 1 rings (SSSR count). The first-order valence-electron chi connectivity index (χ1n) is 4.31. The minimum atomic E-state index is 1.14. The van der Waals surface area contributed by atoms with Crippen molar-refractivity contribution in [2.24, 2.45) is 0 Å². The second kappa shape index (κ2) is 5.33. The lowest BCUT2D eigenvalue weighted by Crippen LogP contribution is -2.43. The van der Waals surface area contributed by atoms with E-state index in [-0.39, 0.29) is 0 Å². The summed E-state index contributed by atoms with van der Waals surface area (Å²) >= 11 is 0. The van der Waals surface area contributed by atoms with Crippen molar-refractivity contribution in [3.05, 3.63) is 19.1 Å². The van der Waals surface area contributed by atoms with Gasteiger partial charge in [-0.15, -0.1) is 0 Å². The van der Waals surface area contributed by atoms with E-state index in [1.807, 2.05) is 6.08 Å². The topological polar surface area (TPSA) is 15.3 Å². The summed E-state index contributed by atoms with van der Waals surface area (Å²) in [5.41, 5.74) is 0. The zero-order chi connectivity index (χ0) is 7.94. The lowest BCUT2D eigenvalue weighted by molar-refractivity contribution is 0.245. The molecule has 1 saturated heterocycles. The third-order valence-electron chi connectivity index (χ3n) is 1.99. The van der Waals surface area contributed by atoms with E-state index < -0.39 is 0 Å². The summed E-state index contributed by atoms with van der Waals surface area (Å²) in [5.74, 6) is 0. The molecule has 1 aliphatic heterocycles. The van der Waals surface area contributed by atoms with Crippen molar-refractivity contribution in [3.8, 4) is 0 Å². The Balaban J connectivity index is 2.04. The van der Waals surface area contributed by atoms with Crippen LogP contribution >= 0.6 is 0 Å². The molecule has 0 atom stereocenters. The van der Waals surface area contributed by atoms with E-state index in [0.29, 0.717) is 0 Å². The smallest absolute Gasteiger partial charge is 0.0107 e. The third kappa shape index (κ3) is 3.54. The molecule has 1 fully saturated rings. The molecule has 1 aliphatic rings. The average Bonchev–Trinajstić information content (AvgIpc) is 2.07. The van der Waals surface area contributed by atoms with E-state index in [1.54, 1.807) is 0 Å². The van der Waals surface area contributed by atoms with Gasteiger partial charge in [-0.2, -0.15) is 0 Å². The number of nitrogens with zero attached hydrogens (tertiary/aromatic N) is 1. The molecular weight excluding hydrogens is 136 g/mol. The summed E-state index contributed by atoms with van der Waals surface area (Å²) in [6.07, 6.45) is 5.15. The molecule has 63 valence electrons. The summed E-state index contributed by atoms with van der Waals surface area (Å²) in [7, 11) is 0. The van der Waals surface area contributed by atoms with E-state index in [9.17, 15) is 0 Å². The fourth-order valence-electron chi connectivity index (χ4n) is 1.31. The molecule has 0 aromatic heterocycles. The molecule has 2 nitrogen and oxygen atoms in total. The minimum absolute atomic E-state index is 1.14. The first-order chi connectivity index (χ1) is 5.43. The normalized spacial score (nSPS) is 21.2. The summed E-state index contributed by atoms with van der Waals surface area (Å²) < 4.78 is 0. The fraction of sp³-hybridized carbons (Fsp3) is 0.667. The van der Waals surface area contributed by atoms with Crippen LogP contribution in [0.25, 0.3) is 0 Å². The molecule has 0 aromatic carbocycles. The fourth-order valence-corrected chi connectivity index (χ4v) is 1.31. The van der Waals surface area contributed by atoms with Gasteiger partial charge < -0.3 is 10.2 Å². The lowest BCUT2D eigenvalue weighted by Gasteiger charge is -2.26. The molecule has 11 heavy (non-hydrogen) atoms. The van der Waals surface area contributed by atoms with Crippen LogP contribution in [0.2, 0.25) is 0 Å². The van der Waals surface area contributed by atoms with Gasteiger partial charge in [0.25, 0.3) is 0 Å². The molecule has 1 radical (unpaired) electrons. The van der Waals surface area contributed by atoms with Crippen LogP contribution in [0.3, 0.4) is 0 Å². The predicted molar refractivity (Wildman–Crippen MR) is 48.4 cm³/mol. The van der Waals surface area contributed by atoms with E-state index in [2.05, 4.69) is 23.2 Å². The highest BCUT2D eigenvalue weighted by molar-refractivity contribution is 4.84. The van der Waals surface area contributed by atoms with E-state index >= 15 is 0 Å². The second-order valence-electron chi connectivity index (χ2n) is 2.85. The van der Waals surface area contributed by atoms with Crippen LogP contribution in [0, 0.1) is 6.92 Å². The Hall–Kier alpha value is -0.340. The van der Waals surface area contributed by atoms with Crippen molar-refractivity contribution in [2.45, 2.75) is 6.42 Å². The Bertz CT molecular complexity index is 115. The Morgan fingerprint density at radius 1 is 1.36 bits per heavy atom. The molecule has 0 spiro atoms. The second-order valence-corrected chi connectivity index (χ2v) is 2.85. The molecule has 0 unspecified atom stereocenters. The standard InChI is InChI=1S/C9H17N2/c1-2-3-4-7-11-8-5-10-6-9-11/h2-3,10H,1,4-9H2/b3-2+. The van der Waals surface area contributed by atoms with Crippen LogP contribution in [0.15, 0.2) is 12.2 Å². The van der Waals surface area contributed by atoms with Gasteiger partial charge in [0.05, 0.1) is 0 Å². The predicted octanol–water partition coefficient (Wildman–Crippen LogP) is 0.672. The van der Waals surface area contributed by atoms with Crippen LogP contribution < -0.4 is 5.32 Å². The number of piperazine rings is 1. The van der Waals surface area contributed by atoms with Gasteiger partial charge in [0.1, 0.15) is 0 Å². The summed E-state index contributed by atoms with van der Waals surface area (Å²) in [6, 6.07) is 0. The van der Waals surface area contributed by atoms with Crippen LogP contribution in [-0.4, -0.2) is 37.6 Å². The summed E-state index contributed by atoms with van der Waals surface area (Å²) in [4.78, 5) is 2.48. The first kappa shape index (κ1) is 8.75. The van der Waals surface area contributed by atoms with Crippen LogP contribution in [-0.2, 0) is 0 Å². The van der Waals surface area contributed by atoms with Gasteiger partial charge in [-0.1, -0.05) is 12.2 Å². The SMILES string of the molecule is [CH2]/C=C/CCN1CCNCC1. The van der Waals surface area contributed by atoms with Gasteiger partial charge in [-0.3, -0.25) is 0 Å². The molecule has 0 saturated carbocycles. The highest BCUT2D eigenvalue weighted by atomic mass is 15.2. The molecule has 0 aliphatic carbocycles. The zero-order valence-corrected chi connectivity index (χ0v) is 7.05. The van der Waals surface area contributed by atoms with Crippen LogP contribution in [0.5, 0.6) is 0 Å². The van der Waals surface area contributed by atoms with E-state index in [4.69, 9.17) is 0 Å². The van der Waals surface area contributed by atoms with Crippen molar-refractivity contribution in [1.82, 2.24) is 10.2 Å². The summed E-state index contributed by atoms with van der Waals surface area (Å²) in [5, 5.41) is 3.33. The highest BCUT2D eigenvalue weighted by Crippen LogP contribution is 1.94. The quantitative estimate of drug-likeness (QED) is 0.641. The van der Waals surface area contributed by atoms with Crippen LogP contribution in [0.1, 0.15) is 6.42 Å². The van der Waals surface area contributed by atoms with Gasteiger partial charge in [0.15, 0.2) is 0 Å². The monoisotopic (exact) mass is 153 g/mol. The lowest BCUT2D eigenvalue weighted by atomic mass is 10.3. The molecule has 0 aromatic rings. The number of hydrogen-bond donors (Lipinski definition) is 1. The zero-order valence-electron chi connectivity index (χ0n) is 7.05. The van der Waals surface area contributed by atoms with Crippen molar-refractivity contribution in [1.29, 1.82) is 0 Å². The van der Waals surface area contributed by atoms with Gasteiger partial charge in [-0.05, 0) is 13.3 Å². The van der Waals surface area contributed by atoms with Crippen molar-refractivity contribution in [2.75, 3.05) is 32.7 Å². The Labute approximate surface area is 69.3 Å². The highest BCUT2D eigenvalue weighted by Gasteiger charge is 2.06. The minimum Gasteiger partial charge on any atom is -0.314 e. The van der Waals surface area contributed by atoms with Crippen molar-refractivity contribution >= 4 is 0 Å². The van der Waals surface area contributed by atoms with Gasteiger partial charge in [0.2, 0.25) is 0 Å². The van der Waals surface area contributed by atoms with Crippen LogP contribution in [0.4, 0.5) is 0 Å². The number of nitrogens with one attached hydrogen (secondary N) is 1. The number of rotatable bonds is 3. The number of hydrogen-bond acceptors (Lipinski definition) is 2. The Morgan fingerprint density at radius 3 is 2.73 bits per heavy atom. The molecular formula is C9H17N2. The van der Waals surface area contributed by atoms with E-state index in [0.717, 1.165) is 19.5 Å². The summed E-state index contributed by atoms with van der Waals surface area (Å²) in [6.45, 7) is 9.54. The number of allylic oxidation sites excluding steroid dienone is 1. The maximum absolute atomic E-state index is 3.66. The van der Waals surface area contributed by atoms with Gasteiger partial charge in [-0.25, -0.2) is 0 Å². The van der Waals surface area contributed by atoms with Gasteiger partial charge >= 0.3 is 0 Å².